The molecule has 4 aromatic rings. The summed E-state index contributed by atoms with van der Waals surface area (Å²) >= 11 is 0.727. The van der Waals surface area contributed by atoms with Crippen molar-refractivity contribution in [3.05, 3.63) is 96.7 Å². The van der Waals surface area contributed by atoms with Crippen LogP contribution in [0.25, 0.3) is 11.1 Å². The van der Waals surface area contributed by atoms with E-state index in [0.29, 0.717) is 37.2 Å². The summed E-state index contributed by atoms with van der Waals surface area (Å²) in [5.74, 6) is 2.40. The maximum absolute atomic E-state index is 11.8. The first-order chi connectivity index (χ1) is 18.5. The Morgan fingerprint density at radius 2 is 1.61 bits per heavy atom. The van der Waals surface area contributed by atoms with E-state index in [1.54, 1.807) is 12.3 Å². The molecule has 0 saturated carbocycles. The Labute approximate surface area is 225 Å². The monoisotopic (exact) mass is 526 g/mol. The Balaban J connectivity index is 1.11. The second kappa shape index (κ2) is 11.8. The Hall–Kier alpha value is -4.37. The third-order valence-corrected chi connectivity index (χ3v) is 6.76. The molecule has 1 saturated heterocycles. The lowest BCUT2D eigenvalue weighted by molar-refractivity contribution is -0.112. The first kappa shape index (κ1) is 25.3. The molecule has 2 heterocycles. The fourth-order valence-electron chi connectivity index (χ4n) is 3.93. The number of ether oxygens (including phenoxy) is 2. The lowest BCUT2D eigenvalue weighted by atomic mass is 10.1. The van der Waals surface area contributed by atoms with Crippen LogP contribution in [0, 0.1) is 0 Å². The van der Waals surface area contributed by atoms with Gasteiger partial charge in [-0.05, 0) is 41.0 Å². The van der Waals surface area contributed by atoms with Crippen LogP contribution in [0.2, 0.25) is 0 Å². The lowest BCUT2D eigenvalue weighted by Crippen LogP contribution is -2.30. The van der Waals surface area contributed by atoms with Gasteiger partial charge in [-0.2, -0.15) is 4.98 Å². The molecular formula is C29H26N4O4S. The molecule has 3 aromatic carbocycles. The number of thioether (sulfide) groups is 1. The van der Waals surface area contributed by atoms with Gasteiger partial charge in [-0.15, -0.1) is 0 Å². The number of carbonyl (C=O) groups is 2. The standard InChI is InChI=1S/C29H26N4O4S/c1-33(17-18-36-23-11-7-20(8-12-23)19-25-27(34)38-29(35)31-25)28-30-16-15-26(32-28)37-24-13-9-22(10-14-24)21-5-3-2-4-6-21/h2-16,25H,17-19H2,1H3,(H,31,35). The summed E-state index contributed by atoms with van der Waals surface area (Å²) in [7, 11) is 1.89. The highest BCUT2D eigenvalue weighted by Gasteiger charge is 2.31. The van der Waals surface area contributed by atoms with Crippen LogP contribution < -0.4 is 19.7 Å². The molecule has 9 heteroatoms. The Morgan fingerprint density at radius 1 is 0.895 bits per heavy atom. The van der Waals surface area contributed by atoms with Crippen molar-refractivity contribution in [1.29, 1.82) is 0 Å². The molecule has 1 amide bonds. The van der Waals surface area contributed by atoms with Gasteiger partial charge >= 0.3 is 0 Å². The molecule has 1 N–H and O–H groups in total. The number of hydrogen-bond acceptors (Lipinski definition) is 8. The summed E-state index contributed by atoms with van der Waals surface area (Å²) in [5.41, 5.74) is 3.22. The molecule has 8 nitrogen and oxygen atoms in total. The summed E-state index contributed by atoms with van der Waals surface area (Å²) in [6, 6.07) is 26.8. The summed E-state index contributed by atoms with van der Waals surface area (Å²) < 4.78 is 11.8. The van der Waals surface area contributed by atoms with E-state index >= 15 is 0 Å². The zero-order valence-corrected chi connectivity index (χ0v) is 21.6. The van der Waals surface area contributed by atoms with Gasteiger partial charge in [0.25, 0.3) is 5.24 Å². The molecule has 0 spiro atoms. The van der Waals surface area contributed by atoms with Crippen LogP contribution in [0.4, 0.5) is 10.7 Å². The number of nitrogens with zero attached hydrogens (tertiary/aromatic N) is 3. The normalized spacial score (nSPS) is 14.7. The minimum absolute atomic E-state index is 0.143. The van der Waals surface area contributed by atoms with Crippen LogP contribution >= 0.6 is 11.8 Å². The molecule has 38 heavy (non-hydrogen) atoms. The van der Waals surface area contributed by atoms with Crippen molar-refractivity contribution in [2.45, 2.75) is 12.5 Å². The number of carbonyl (C=O) groups excluding carboxylic acids is 2. The van der Waals surface area contributed by atoms with Crippen LogP contribution in [-0.4, -0.2) is 46.6 Å². The second-order valence-corrected chi connectivity index (χ2v) is 9.69. The quantitative estimate of drug-likeness (QED) is 0.296. The van der Waals surface area contributed by atoms with E-state index in [9.17, 15) is 9.59 Å². The molecular weight excluding hydrogens is 500 g/mol. The molecule has 0 aliphatic carbocycles. The van der Waals surface area contributed by atoms with Crippen LogP contribution in [-0.2, 0) is 11.2 Å². The summed E-state index contributed by atoms with van der Waals surface area (Å²) in [5, 5.41) is 2.24. The number of anilines is 1. The molecule has 1 aliphatic heterocycles. The Kier molecular flexibility index (Phi) is 7.84. The Morgan fingerprint density at radius 3 is 2.32 bits per heavy atom. The van der Waals surface area contributed by atoms with Gasteiger partial charge in [-0.3, -0.25) is 9.59 Å². The minimum Gasteiger partial charge on any atom is -0.492 e. The number of amides is 1. The summed E-state index contributed by atoms with van der Waals surface area (Å²) in [4.78, 5) is 33.9. The predicted octanol–water partition coefficient (Wildman–Crippen LogP) is 5.35. The molecule has 1 aliphatic rings. The van der Waals surface area contributed by atoms with E-state index < -0.39 is 6.04 Å². The fraction of sp³-hybridized carbons (Fsp3) is 0.172. The Bertz CT molecular complexity index is 1400. The van der Waals surface area contributed by atoms with E-state index in [1.807, 2.05) is 78.7 Å². The number of benzene rings is 3. The van der Waals surface area contributed by atoms with Gasteiger partial charge in [0.1, 0.15) is 24.1 Å². The fourth-order valence-corrected chi connectivity index (χ4v) is 4.59. The molecule has 5 rings (SSSR count). The van der Waals surface area contributed by atoms with Crippen LogP contribution in [0.5, 0.6) is 17.4 Å². The van der Waals surface area contributed by atoms with Gasteiger partial charge in [0.05, 0.1) is 6.54 Å². The van der Waals surface area contributed by atoms with Crippen molar-refractivity contribution >= 4 is 28.1 Å². The van der Waals surface area contributed by atoms with Gasteiger partial charge in [0, 0.05) is 37.5 Å². The SMILES string of the molecule is CN(CCOc1ccc(CC2NC(=O)SC2=O)cc1)c1nccc(Oc2ccc(-c3ccccc3)cc2)n1. The average molecular weight is 527 g/mol. The van der Waals surface area contributed by atoms with Gasteiger partial charge in [-0.1, -0.05) is 54.6 Å². The number of rotatable bonds is 10. The number of aromatic nitrogens is 2. The molecule has 1 atom stereocenters. The molecule has 1 fully saturated rings. The topological polar surface area (TPSA) is 93.7 Å². The molecule has 0 bridgehead atoms. The van der Waals surface area contributed by atoms with Crippen LogP contribution in [0.3, 0.4) is 0 Å². The van der Waals surface area contributed by atoms with Crippen LogP contribution in [0.1, 0.15) is 5.56 Å². The maximum atomic E-state index is 11.8. The van der Waals surface area contributed by atoms with Gasteiger partial charge in [-0.25, -0.2) is 4.98 Å². The molecule has 1 unspecified atom stereocenters. The van der Waals surface area contributed by atoms with E-state index in [-0.39, 0.29) is 10.4 Å². The number of nitrogens with one attached hydrogen (secondary N) is 1. The zero-order valence-electron chi connectivity index (χ0n) is 20.7. The second-order valence-electron chi connectivity index (χ2n) is 8.71. The van der Waals surface area contributed by atoms with Crippen molar-refractivity contribution in [3.8, 4) is 28.5 Å². The van der Waals surface area contributed by atoms with Crippen molar-refractivity contribution < 1.29 is 19.1 Å². The third kappa shape index (κ3) is 6.49. The van der Waals surface area contributed by atoms with Crippen LogP contribution in [0.15, 0.2) is 91.1 Å². The first-order valence-corrected chi connectivity index (χ1v) is 13.0. The minimum atomic E-state index is -0.471. The maximum Gasteiger partial charge on any atom is 0.287 e. The molecule has 1 aromatic heterocycles. The van der Waals surface area contributed by atoms with Gasteiger partial charge in [0.2, 0.25) is 16.9 Å². The number of hydrogen-bond donors (Lipinski definition) is 1. The van der Waals surface area contributed by atoms with E-state index in [4.69, 9.17) is 9.47 Å². The predicted molar refractivity (Wildman–Crippen MR) is 148 cm³/mol. The van der Waals surface area contributed by atoms with E-state index in [0.717, 1.165) is 34.2 Å². The zero-order chi connectivity index (χ0) is 26.3. The summed E-state index contributed by atoms with van der Waals surface area (Å²) in [6.45, 7) is 0.996. The van der Waals surface area contributed by atoms with Gasteiger partial charge in [0.15, 0.2) is 0 Å². The van der Waals surface area contributed by atoms with E-state index in [1.165, 1.54) is 0 Å². The van der Waals surface area contributed by atoms with Crippen molar-refractivity contribution in [2.24, 2.45) is 0 Å². The van der Waals surface area contributed by atoms with Gasteiger partial charge < -0.3 is 19.7 Å². The molecule has 192 valence electrons. The molecule has 0 radical (unpaired) electrons. The highest BCUT2D eigenvalue weighted by atomic mass is 32.2. The van der Waals surface area contributed by atoms with Crippen molar-refractivity contribution in [1.82, 2.24) is 15.3 Å². The highest BCUT2D eigenvalue weighted by Crippen LogP contribution is 2.25. The largest absolute Gasteiger partial charge is 0.492 e. The van der Waals surface area contributed by atoms with Crippen molar-refractivity contribution in [2.75, 3.05) is 25.1 Å². The first-order valence-electron chi connectivity index (χ1n) is 12.1. The third-order valence-electron chi connectivity index (χ3n) is 5.97. The average Bonchev–Trinajstić information content (AvgIpc) is 3.26. The summed E-state index contributed by atoms with van der Waals surface area (Å²) in [6.07, 6.45) is 2.13. The lowest BCUT2D eigenvalue weighted by Gasteiger charge is -2.18. The smallest absolute Gasteiger partial charge is 0.287 e. The highest BCUT2D eigenvalue weighted by molar-refractivity contribution is 8.26. The van der Waals surface area contributed by atoms with E-state index in [2.05, 4.69) is 27.4 Å². The van der Waals surface area contributed by atoms with Crippen molar-refractivity contribution in [3.63, 3.8) is 0 Å². The number of likely N-dealkylation sites (N-methyl/N-ethyl adjacent to an activating group) is 1.